The molecule has 2 aliphatic heterocycles. The van der Waals surface area contributed by atoms with Crippen LogP contribution in [0.5, 0.6) is 0 Å². The van der Waals surface area contributed by atoms with Crippen LogP contribution in [0.15, 0.2) is 109 Å². The maximum absolute atomic E-state index is 14.6. The van der Waals surface area contributed by atoms with Crippen LogP contribution in [0, 0.1) is 5.82 Å². The molecule has 0 N–H and O–H groups in total. The maximum atomic E-state index is 14.6. The number of hydrogen-bond acceptors (Lipinski definition) is 4. The van der Waals surface area contributed by atoms with E-state index >= 15 is 0 Å². The van der Waals surface area contributed by atoms with Gasteiger partial charge in [-0.1, -0.05) is 66.7 Å². The van der Waals surface area contributed by atoms with E-state index in [1.807, 2.05) is 0 Å². The number of hydrogen-bond donors (Lipinski definition) is 0. The molecule has 0 saturated carbocycles. The van der Waals surface area contributed by atoms with Crippen LogP contribution in [-0.2, 0) is 26.0 Å². The summed E-state index contributed by atoms with van der Waals surface area (Å²) in [5.74, 6) is -2.03. The monoisotopic (exact) mass is 532 g/mol. The van der Waals surface area contributed by atoms with Crippen molar-refractivity contribution in [2.24, 2.45) is 0 Å². The topological polar surface area (TPSA) is 49.9 Å². The summed E-state index contributed by atoms with van der Waals surface area (Å²) in [6, 6.07) is 26.0. The average Bonchev–Trinajstić information content (AvgIpc) is 3.41. The van der Waals surface area contributed by atoms with Crippen molar-refractivity contribution in [3.63, 3.8) is 0 Å². The fraction of sp³-hybridized carbons (Fsp3) is 0.133. The summed E-state index contributed by atoms with van der Waals surface area (Å²) >= 11 is 0. The minimum Gasteiger partial charge on any atom is -0.273 e. The van der Waals surface area contributed by atoms with Gasteiger partial charge in [0.15, 0.2) is 6.10 Å². The summed E-state index contributed by atoms with van der Waals surface area (Å²) < 4.78 is 54.5. The summed E-state index contributed by atoms with van der Waals surface area (Å²) in [4.78, 5) is 35.5. The number of amides is 2. The predicted molar refractivity (Wildman–Crippen MR) is 135 cm³/mol. The number of anilines is 2. The predicted octanol–water partition coefficient (Wildman–Crippen LogP) is 6.22. The lowest BCUT2D eigenvalue weighted by atomic mass is 9.69. The Hall–Kier alpha value is -4.50. The number of nitrogens with zero attached hydrogens (tertiary/aromatic N) is 2. The van der Waals surface area contributed by atoms with Crippen molar-refractivity contribution in [3.8, 4) is 0 Å². The third kappa shape index (κ3) is 3.80. The molecule has 6 rings (SSSR count). The molecule has 2 saturated heterocycles. The average molecular weight is 532 g/mol. The Balaban J connectivity index is 1.59. The molecular formula is C30H20F4N2O3. The number of hydroxylamine groups is 1. The molecule has 2 aliphatic rings. The number of alkyl halides is 3. The fourth-order valence-corrected chi connectivity index (χ4v) is 5.50. The van der Waals surface area contributed by atoms with Gasteiger partial charge in [0.2, 0.25) is 5.91 Å². The molecule has 3 atom stereocenters. The molecule has 2 amide bonds. The molecule has 9 heteroatoms. The fourth-order valence-electron chi connectivity index (χ4n) is 5.50. The van der Waals surface area contributed by atoms with Crippen molar-refractivity contribution in [2.45, 2.75) is 23.7 Å². The highest BCUT2D eigenvalue weighted by atomic mass is 19.4. The van der Waals surface area contributed by atoms with Crippen molar-refractivity contribution in [1.29, 1.82) is 0 Å². The second-order valence-corrected chi connectivity index (χ2v) is 9.36. The first-order valence-electron chi connectivity index (χ1n) is 12.1. The van der Waals surface area contributed by atoms with E-state index in [1.54, 1.807) is 60.7 Å². The molecule has 2 fully saturated rings. The van der Waals surface area contributed by atoms with Crippen LogP contribution in [0.2, 0.25) is 0 Å². The molecule has 39 heavy (non-hydrogen) atoms. The number of halogens is 4. The zero-order valence-electron chi connectivity index (χ0n) is 20.2. The highest BCUT2D eigenvalue weighted by Gasteiger charge is 2.72. The second kappa shape index (κ2) is 9.06. The summed E-state index contributed by atoms with van der Waals surface area (Å²) in [6.45, 7) is 0. The van der Waals surface area contributed by atoms with Crippen LogP contribution < -0.4 is 9.96 Å². The van der Waals surface area contributed by atoms with Crippen LogP contribution in [0.3, 0.4) is 0 Å². The SMILES string of the molecule is O=C1C2ON(c3ccccc3)C(c3ccc(F)cc3)C2(c2ccccc2)C(=O)N1c1cccc(C(F)(F)F)c1. The molecule has 4 aromatic rings. The van der Waals surface area contributed by atoms with Crippen LogP contribution in [-0.4, -0.2) is 17.9 Å². The van der Waals surface area contributed by atoms with Gasteiger partial charge in [-0.3, -0.25) is 14.4 Å². The van der Waals surface area contributed by atoms with Crippen LogP contribution >= 0.6 is 0 Å². The van der Waals surface area contributed by atoms with Gasteiger partial charge < -0.3 is 0 Å². The number of para-hydroxylation sites is 1. The first kappa shape index (κ1) is 24.8. The van der Waals surface area contributed by atoms with E-state index in [-0.39, 0.29) is 5.69 Å². The Morgan fingerprint density at radius 1 is 0.744 bits per heavy atom. The Kier molecular flexibility index (Phi) is 5.76. The van der Waals surface area contributed by atoms with E-state index in [1.165, 1.54) is 35.4 Å². The van der Waals surface area contributed by atoms with E-state index in [9.17, 15) is 27.2 Å². The van der Waals surface area contributed by atoms with Crippen LogP contribution in [0.25, 0.3) is 0 Å². The van der Waals surface area contributed by atoms with Crippen molar-refractivity contribution in [1.82, 2.24) is 0 Å². The van der Waals surface area contributed by atoms with Crippen molar-refractivity contribution in [3.05, 3.63) is 132 Å². The van der Waals surface area contributed by atoms with E-state index in [2.05, 4.69) is 0 Å². The third-order valence-electron chi connectivity index (χ3n) is 7.18. The second-order valence-electron chi connectivity index (χ2n) is 9.36. The zero-order chi connectivity index (χ0) is 27.4. The minimum atomic E-state index is -4.67. The molecule has 196 valence electrons. The first-order valence-corrected chi connectivity index (χ1v) is 12.1. The lowest BCUT2D eigenvalue weighted by Crippen LogP contribution is -2.46. The van der Waals surface area contributed by atoms with E-state index in [0.717, 1.165) is 23.1 Å². The number of benzene rings is 4. The number of carbonyl (C=O) groups excluding carboxylic acids is 2. The molecule has 2 heterocycles. The van der Waals surface area contributed by atoms with Gasteiger partial charge in [-0.05, 0) is 53.6 Å². The van der Waals surface area contributed by atoms with Crippen molar-refractivity contribution >= 4 is 23.2 Å². The number of fused-ring (bicyclic) bond motifs is 1. The van der Waals surface area contributed by atoms with Crippen molar-refractivity contribution in [2.75, 3.05) is 9.96 Å². The Morgan fingerprint density at radius 3 is 2.00 bits per heavy atom. The molecule has 4 aromatic carbocycles. The normalized spacial score (nSPS) is 22.9. The van der Waals surface area contributed by atoms with Crippen LogP contribution in [0.4, 0.5) is 28.9 Å². The Bertz CT molecular complexity index is 1540. The smallest absolute Gasteiger partial charge is 0.273 e. The van der Waals surface area contributed by atoms with E-state index in [4.69, 9.17) is 4.84 Å². The molecular weight excluding hydrogens is 512 g/mol. The quantitative estimate of drug-likeness (QED) is 0.231. The molecule has 0 aliphatic carbocycles. The van der Waals surface area contributed by atoms with Gasteiger partial charge in [0.05, 0.1) is 16.9 Å². The van der Waals surface area contributed by atoms with Gasteiger partial charge in [0.1, 0.15) is 17.3 Å². The molecule has 5 nitrogen and oxygen atoms in total. The number of imide groups is 1. The van der Waals surface area contributed by atoms with Gasteiger partial charge in [0, 0.05) is 0 Å². The zero-order valence-corrected chi connectivity index (χ0v) is 20.2. The first-order chi connectivity index (χ1) is 18.7. The Morgan fingerprint density at radius 2 is 1.36 bits per heavy atom. The molecule has 0 radical (unpaired) electrons. The summed E-state index contributed by atoms with van der Waals surface area (Å²) in [5, 5.41) is 1.46. The van der Waals surface area contributed by atoms with Gasteiger partial charge in [-0.2, -0.15) is 13.2 Å². The summed E-state index contributed by atoms with van der Waals surface area (Å²) in [7, 11) is 0. The standard InChI is InChI=1S/C30H20F4N2O3/c31-22-16-14-19(15-17-22)25-29(20-8-3-1-4-9-20)26(39-36(25)23-11-5-2-6-12-23)27(37)35(28(29)38)24-13-7-10-21(18-24)30(32,33)34/h1-18,25-26H. The molecule has 0 spiro atoms. The van der Waals surface area contributed by atoms with Gasteiger partial charge in [0.25, 0.3) is 5.91 Å². The lowest BCUT2D eigenvalue weighted by molar-refractivity contribution is -0.137. The maximum Gasteiger partial charge on any atom is 0.416 e. The van der Waals surface area contributed by atoms with Crippen molar-refractivity contribution < 1.29 is 32.0 Å². The number of rotatable bonds is 4. The van der Waals surface area contributed by atoms with Crippen LogP contribution in [0.1, 0.15) is 22.7 Å². The number of carbonyl (C=O) groups is 2. The third-order valence-corrected chi connectivity index (χ3v) is 7.18. The summed E-state index contributed by atoms with van der Waals surface area (Å²) in [6.07, 6.45) is -6.08. The van der Waals surface area contributed by atoms with Gasteiger partial charge in [-0.25, -0.2) is 14.4 Å². The lowest BCUT2D eigenvalue weighted by Gasteiger charge is -2.35. The Labute approximate surface area is 220 Å². The molecule has 0 aromatic heterocycles. The minimum absolute atomic E-state index is 0.211. The summed E-state index contributed by atoms with van der Waals surface area (Å²) in [5.41, 5.74) is -1.43. The highest BCUT2D eigenvalue weighted by molar-refractivity contribution is 6.28. The molecule has 0 bridgehead atoms. The van der Waals surface area contributed by atoms with Gasteiger partial charge >= 0.3 is 6.18 Å². The largest absolute Gasteiger partial charge is 0.416 e. The van der Waals surface area contributed by atoms with E-state index in [0.29, 0.717) is 16.8 Å². The van der Waals surface area contributed by atoms with E-state index < -0.39 is 46.9 Å². The molecule has 3 unspecified atom stereocenters. The highest BCUT2D eigenvalue weighted by Crippen LogP contribution is 2.57. The van der Waals surface area contributed by atoms with Gasteiger partial charge in [-0.15, -0.1) is 0 Å².